The molecule has 0 aliphatic rings. The zero-order chi connectivity index (χ0) is 14.5. The van der Waals surface area contributed by atoms with Gasteiger partial charge < -0.3 is 5.32 Å². The van der Waals surface area contributed by atoms with E-state index in [1.807, 2.05) is 13.1 Å². The lowest BCUT2D eigenvalue weighted by atomic mass is 10.2. The second-order valence-electron chi connectivity index (χ2n) is 4.13. The van der Waals surface area contributed by atoms with E-state index in [-0.39, 0.29) is 17.1 Å². The van der Waals surface area contributed by atoms with Crippen LogP contribution in [0.2, 0.25) is 0 Å². The summed E-state index contributed by atoms with van der Waals surface area (Å²) in [5.41, 5.74) is 0.731. The van der Waals surface area contributed by atoms with Crippen molar-refractivity contribution in [2.75, 3.05) is 11.9 Å². The van der Waals surface area contributed by atoms with Gasteiger partial charge in [-0.3, -0.25) is 14.8 Å². The van der Waals surface area contributed by atoms with E-state index < -0.39 is 4.92 Å². The molecule has 20 heavy (non-hydrogen) atoms. The van der Waals surface area contributed by atoms with E-state index in [0.29, 0.717) is 13.1 Å². The average Bonchev–Trinajstić information content (AvgIpc) is 2.83. The molecule has 102 valence electrons. The van der Waals surface area contributed by atoms with Gasteiger partial charge in [0.2, 0.25) is 5.82 Å². The fourth-order valence-electron chi connectivity index (χ4n) is 1.74. The van der Waals surface area contributed by atoms with Crippen LogP contribution >= 0.6 is 0 Å². The van der Waals surface area contributed by atoms with Crippen LogP contribution in [0.5, 0.6) is 0 Å². The number of aryl methyl sites for hydroxylation is 1. The molecule has 0 spiro atoms. The number of hydrogen-bond donors (Lipinski definition) is 1. The normalized spacial score (nSPS) is 10.0. The first-order chi connectivity index (χ1) is 9.61. The molecule has 8 nitrogen and oxygen atoms in total. The summed E-state index contributed by atoms with van der Waals surface area (Å²) >= 11 is 0. The van der Waals surface area contributed by atoms with Crippen molar-refractivity contribution in [1.29, 1.82) is 5.26 Å². The number of nitrogens with zero attached hydrogens (tertiary/aromatic N) is 5. The molecule has 8 heteroatoms. The number of rotatable bonds is 5. The molecule has 0 aromatic carbocycles. The number of pyridine rings is 1. The van der Waals surface area contributed by atoms with Gasteiger partial charge in [-0.1, -0.05) is 0 Å². The van der Waals surface area contributed by atoms with Crippen LogP contribution < -0.4 is 5.32 Å². The SMILES string of the molecule is Cc1cnn(CCNc2nccc(C#N)c2[N+](=O)[O-])c1. The molecule has 2 aromatic heterocycles. The van der Waals surface area contributed by atoms with Gasteiger partial charge >= 0.3 is 5.69 Å². The third-order valence-electron chi connectivity index (χ3n) is 2.62. The first-order valence-electron chi connectivity index (χ1n) is 5.88. The second kappa shape index (κ2) is 5.79. The molecule has 2 heterocycles. The maximum absolute atomic E-state index is 11.0. The van der Waals surface area contributed by atoms with Crippen LogP contribution in [-0.4, -0.2) is 26.2 Å². The molecule has 2 rings (SSSR count). The maximum atomic E-state index is 11.0. The lowest BCUT2D eigenvalue weighted by Crippen LogP contribution is -2.13. The molecule has 0 atom stereocenters. The average molecular weight is 272 g/mol. The van der Waals surface area contributed by atoms with Crippen molar-refractivity contribution in [2.45, 2.75) is 13.5 Å². The minimum Gasteiger partial charge on any atom is -0.362 e. The Labute approximate surface area is 114 Å². The Kier molecular flexibility index (Phi) is 3.91. The first-order valence-corrected chi connectivity index (χ1v) is 5.88. The molecule has 0 radical (unpaired) electrons. The Balaban J connectivity index is 2.10. The van der Waals surface area contributed by atoms with Crippen LogP contribution in [0.1, 0.15) is 11.1 Å². The molecular formula is C12H12N6O2. The summed E-state index contributed by atoms with van der Waals surface area (Å²) in [6.45, 7) is 2.90. The molecule has 1 N–H and O–H groups in total. The fourth-order valence-corrected chi connectivity index (χ4v) is 1.74. The van der Waals surface area contributed by atoms with Crippen LogP contribution in [0.3, 0.4) is 0 Å². The van der Waals surface area contributed by atoms with Crippen LogP contribution in [-0.2, 0) is 6.54 Å². The predicted molar refractivity (Wildman–Crippen MR) is 71.1 cm³/mol. The van der Waals surface area contributed by atoms with Gasteiger partial charge in [0.1, 0.15) is 11.6 Å². The number of hydrogen-bond acceptors (Lipinski definition) is 6. The summed E-state index contributed by atoms with van der Waals surface area (Å²) in [6, 6.07) is 3.11. The summed E-state index contributed by atoms with van der Waals surface area (Å²) in [5.74, 6) is 0.0953. The third-order valence-corrected chi connectivity index (χ3v) is 2.62. The van der Waals surface area contributed by atoms with E-state index in [0.717, 1.165) is 5.56 Å². The highest BCUT2D eigenvalue weighted by molar-refractivity contribution is 5.63. The number of anilines is 1. The number of nitrogens with one attached hydrogen (secondary N) is 1. The smallest absolute Gasteiger partial charge is 0.328 e. The molecule has 0 fully saturated rings. The Bertz CT molecular complexity index is 673. The van der Waals surface area contributed by atoms with Gasteiger partial charge in [-0.25, -0.2) is 4.98 Å². The summed E-state index contributed by atoms with van der Waals surface area (Å²) in [4.78, 5) is 14.3. The molecule has 0 aliphatic carbocycles. The lowest BCUT2D eigenvalue weighted by Gasteiger charge is -2.06. The topological polar surface area (TPSA) is 110 Å². The van der Waals surface area contributed by atoms with Crippen molar-refractivity contribution in [3.8, 4) is 6.07 Å². The van der Waals surface area contributed by atoms with Crippen molar-refractivity contribution < 1.29 is 4.92 Å². The van der Waals surface area contributed by atoms with Gasteiger partial charge in [0, 0.05) is 18.9 Å². The molecule has 0 saturated carbocycles. The number of nitro groups is 1. The van der Waals surface area contributed by atoms with E-state index in [1.54, 1.807) is 16.9 Å². The van der Waals surface area contributed by atoms with Crippen molar-refractivity contribution >= 4 is 11.5 Å². The molecule has 0 bridgehead atoms. The van der Waals surface area contributed by atoms with Gasteiger partial charge in [-0.05, 0) is 18.6 Å². The standard InChI is InChI=1S/C12H12N6O2/c1-9-7-16-17(8-9)5-4-15-12-11(18(19)20)10(6-13)2-3-14-12/h2-3,7-8H,4-5H2,1H3,(H,14,15). The zero-order valence-electron chi connectivity index (χ0n) is 10.8. The monoisotopic (exact) mass is 272 g/mol. The van der Waals surface area contributed by atoms with Crippen molar-refractivity contribution in [3.05, 3.63) is 45.9 Å². The largest absolute Gasteiger partial charge is 0.362 e. The highest BCUT2D eigenvalue weighted by Gasteiger charge is 2.20. The van der Waals surface area contributed by atoms with Crippen LogP contribution in [0.25, 0.3) is 0 Å². The first kappa shape index (κ1) is 13.5. The quantitative estimate of drug-likeness (QED) is 0.652. The lowest BCUT2D eigenvalue weighted by molar-refractivity contribution is -0.384. The fraction of sp³-hybridized carbons (Fsp3) is 0.250. The highest BCUT2D eigenvalue weighted by atomic mass is 16.6. The van der Waals surface area contributed by atoms with Gasteiger partial charge in [0.15, 0.2) is 0 Å². The van der Waals surface area contributed by atoms with E-state index in [9.17, 15) is 10.1 Å². The van der Waals surface area contributed by atoms with E-state index in [2.05, 4.69) is 15.4 Å². The van der Waals surface area contributed by atoms with Gasteiger partial charge in [0.05, 0.1) is 17.7 Å². The van der Waals surface area contributed by atoms with Crippen LogP contribution in [0.15, 0.2) is 24.7 Å². The van der Waals surface area contributed by atoms with E-state index in [1.165, 1.54) is 12.3 Å². The minimum absolute atomic E-state index is 0.0116. The second-order valence-corrected chi connectivity index (χ2v) is 4.13. The van der Waals surface area contributed by atoms with E-state index >= 15 is 0 Å². The maximum Gasteiger partial charge on any atom is 0.328 e. The molecule has 0 unspecified atom stereocenters. The van der Waals surface area contributed by atoms with Gasteiger partial charge in [0.25, 0.3) is 0 Å². The summed E-state index contributed by atoms with van der Waals surface area (Å²) in [7, 11) is 0. The predicted octanol–water partition coefficient (Wildman–Crippen LogP) is 1.48. The Morgan fingerprint density at radius 3 is 3.00 bits per heavy atom. The Morgan fingerprint density at radius 2 is 2.40 bits per heavy atom. The van der Waals surface area contributed by atoms with Crippen molar-refractivity contribution in [1.82, 2.24) is 14.8 Å². The molecule has 0 amide bonds. The third kappa shape index (κ3) is 2.89. The number of aromatic nitrogens is 3. The molecule has 0 aliphatic heterocycles. The van der Waals surface area contributed by atoms with Crippen LogP contribution in [0.4, 0.5) is 11.5 Å². The van der Waals surface area contributed by atoms with Crippen LogP contribution in [0, 0.1) is 28.4 Å². The van der Waals surface area contributed by atoms with Crippen molar-refractivity contribution in [2.24, 2.45) is 0 Å². The summed E-state index contributed by atoms with van der Waals surface area (Å²) in [6.07, 6.45) is 4.97. The van der Waals surface area contributed by atoms with E-state index in [4.69, 9.17) is 5.26 Å². The summed E-state index contributed by atoms with van der Waals surface area (Å²) in [5, 5.41) is 26.8. The Morgan fingerprint density at radius 1 is 1.60 bits per heavy atom. The molecule has 0 saturated heterocycles. The minimum atomic E-state index is -0.605. The molecular weight excluding hydrogens is 260 g/mol. The van der Waals surface area contributed by atoms with Gasteiger partial charge in [-0.2, -0.15) is 10.4 Å². The van der Waals surface area contributed by atoms with Crippen molar-refractivity contribution in [3.63, 3.8) is 0 Å². The highest BCUT2D eigenvalue weighted by Crippen LogP contribution is 2.25. The van der Waals surface area contributed by atoms with Gasteiger partial charge in [-0.15, -0.1) is 0 Å². The Hall–Kier alpha value is -2.95. The molecule has 2 aromatic rings. The number of nitriles is 1. The zero-order valence-corrected chi connectivity index (χ0v) is 10.8. The summed E-state index contributed by atoms with van der Waals surface area (Å²) < 4.78 is 1.72.